The molecule has 1 saturated carbocycles. The Labute approximate surface area is 153 Å². The molecule has 4 unspecified atom stereocenters. The van der Waals surface area contributed by atoms with Gasteiger partial charge in [-0.3, -0.25) is 4.79 Å². The van der Waals surface area contributed by atoms with Crippen molar-refractivity contribution >= 4 is 41.5 Å². The number of fused-ring (bicyclic) bond motifs is 2. The third kappa shape index (κ3) is 3.09. The van der Waals surface area contributed by atoms with E-state index >= 15 is 0 Å². The average molecular weight is 376 g/mol. The van der Waals surface area contributed by atoms with Crippen LogP contribution in [0.5, 0.6) is 0 Å². The summed E-state index contributed by atoms with van der Waals surface area (Å²) in [6.07, 6.45) is 4.28. The third-order valence-electron chi connectivity index (χ3n) is 5.40. The summed E-state index contributed by atoms with van der Waals surface area (Å²) in [5.74, 6) is 0.670. The topological polar surface area (TPSA) is 32.3 Å². The summed E-state index contributed by atoms with van der Waals surface area (Å²) in [5, 5.41) is 4.65. The number of carbonyl (C=O) groups is 1. The van der Waals surface area contributed by atoms with Gasteiger partial charge in [-0.2, -0.15) is 0 Å². The van der Waals surface area contributed by atoms with Crippen molar-refractivity contribution in [2.75, 3.05) is 13.1 Å². The van der Waals surface area contributed by atoms with E-state index in [1.54, 1.807) is 6.07 Å². The summed E-state index contributed by atoms with van der Waals surface area (Å²) in [6.45, 7) is 1.97. The maximum atomic E-state index is 13.0. The highest BCUT2D eigenvalue weighted by Crippen LogP contribution is 2.52. The van der Waals surface area contributed by atoms with Crippen molar-refractivity contribution in [1.29, 1.82) is 0 Å². The first-order chi connectivity index (χ1) is 10.7. The molecule has 0 spiro atoms. The van der Waals surface area contributed by atoms with Crippen LogP contribution in [0.1, 0.15) is 37.2 Å². The summed E-state index contributed by atoms with van der Waals surface area (Å²) in [4.78, 5) is 15.2. The smallest absolute Gasteiger partial charge is 0.226 e. The fourth-order valence-electron chi connectivity index (χ4n) is 4.15. The Balaban J connectivity index is 0.00000156. The normalized spacial score (nSPS) is 32.2. The second kappa shape index (κ2) is 6.79. The maximum absolute atomic E-state index is 13.0. The van der Waals surface area contributed by atoms with Crippen molar-refractivity contribution in [2.24, 2.45) is 5.92 Å². The lowest BCUT2D eigenvalue weighted by molar-refractivity contribution is -0.135. The van der Waals surface area contributed by atoms with Crippen molar-refractivity contribution in [2.45, 2.75) is 43.7 Å². The van der Waals surface area contributed by atoms with Crippen molar-refractivity contribution in [3.8, 4) is 0 Å². The molecule has 1 aliphatic carbocycles. The van der Waals surface area contributed by atoms with Crippen LogP contribution in [-0.4, -0.2) is 36.0 Å². The van der Waals surface area contributed by atoms with E-state index in [2.05, 4.69) is 10.2 Å². The van der Waals surface area contributed by atoms with E-state index in [4.69, 9.17) is 23.2 Å². The number of benzene rings is 1. The number of rotatable bonds is 2. The molecule has 23 heavy (non-hydrogen) atoms. The van der Waals surface area contributed by atoms with E-state index in [0.29, 0.717) is 28.0 Å². The lowest BCUT2D eigenvalue weighted by atomic mass is 10.1. The highest BCUT2D eigenvalue weighted by Gasteiger charge is 2.50. The van der Waals surface area contributed by atoms with E-state index in [0.717, 1.165) is 44.3 Å². The lowest BCUT2D eigenvalue weighted by Crippen LogP contribution is -2.43. The molecule has 1 amide bonds. The van der Waals surface area contributed by atoms with Crippen LogP contribution in [-0.2, 0) is 4.79 Å². The number of hydrogen-bond donors (Lipinski definition) is 1. The Morgan fingerprint density at radius 2 is 1.96 bits per heavy atom. The minimum Gasteiger partial charge on any atom is -0.335 e. The molecule has 1 aromatic carbocycles. The Bertz CT molecular complexity index is 596. The standard InChI is InChI=1S/C17H20Cl2N2O.ClH/c18-15-3-1-2-12(16(15)19)13-8-14(13)17(22)21-10-4-5-11(21)9-20-7-6-10;/h1-3,10-11,13-14,20H,4-9H2;1H. The van der Waals surface area contributed by atoms with Crippen LogP contribution in [0.2, 0.25) is 10.0 Å². The highest BCUT2D eigenvalue weighted by atomic mass is 35.5. The third-order valence-corrected chi connectivity index (χ3v) is 6.23. The second-order valence-corrected chi connectivity index (χ2v) is 7.50. The largest absolute Gasteiger partial charge is 0.335 e. The van der Waals surface area contributed by atoms with E-state index in [1.807, 2.05) is 12.1 Å². The van der Waals surface area contributed by atoms with Gasteiger partial charge in [0.05, 0.1) is 10.0 Å². The zero-order chi connectivity index (χ0) is 15.3. The van der Waals surface area contributed by atoms with Gasteiger partial charge in [-0.25, -0.2) is 0 Å². The molecule has 2 saturated heterocycles. The Morgan fingerprint density at radius 3 is 2.78 bits per heavy atom. The van der Waals surface area contributed by atoms with Gasteiger partial charge in [0, 0.05) is 24.5 Å². The first kappa shape index (κ1) is 17.3. The van der Waals surface area contributed by atoms with Crippen LogP contribution in [0.15, 0.2) is 18.2 Å². The zero-order valence-corrected chi connectivity index (χ0v) is 15.1. The van der Waals surface area contributed by atoms with Crippen LogP contribution in [0, 0.1) is 5.92 Å². The molecule has 2 bridgehead atoms. The number of nitrogens with zero attached hydrogens (tertiary/aromatic N) is 1. The molecule has 0 aromatic heterocycles. The number of amides is 1. The monoisotopic (exact) mass is 374 g/mol. The van der Waals surface area contributed by atoms with Crippen molar-refractivity contribution in [3.63, 3.8) is 0 Å². The van der Waals surface area contributed by atoms with Gasteiger partial charge in [0.1, 0.15) is 0 Å². The van der Waals surface area contributed by atoms with Gasteiger partial charge in [-0.1, -0.05) is 35.3 Å². The fourth-order valence-corrected chi connectivity index (χ4v) is 4.60. The summed E-state index contributed by atoms with van der Waals surface area (Å²) >= 11 is 12.4. The zero-order valence-electron chi connectivity index (χ0n) is 12.8. The second-order valence-electron chi connectivity index (χ2n) is 6.72. The van der Waals surface area contributed by atoms with E-state index in [-0.39, 0.29) is 24.2 Å². The molecule has 0 radical (unpaired) electrons. The molecule has 1 aromatic rings. The van der Waals surface area contributed by atoms with Gasteiger partial charge in [0.2, 0.25) is 5.91 Å². The minimum atomic E-state index is 0. The number of hydrogen-bond acceptors (Lipinski definition) is 2. The first-order valence-electron chi connectivity index (χ1n) is 8.13. The van der Waals surface area contributed by atoms with Gasteiger partial charge < -0.3 is 10.2 Å². The number of carbonyl (C=O) groups excluding carboxylic acids is 1. The van der Waals surface area contributed by atoms with E-state index in [9.17, 15) is 4.79 Å². The fraction of sp³-hybridized carbons (Fsp3) is 0.588. The number of nitrogens with one attached hydrogen (secondary N) is 1. The van der Waals surface area contributed by atoms with Gasteiger partial charge >= 0.3 is 0 Å². The minimum absolute atomic E-state index is 0. The molecular formula is C17H21Cl3N2O. The molecule has 3 fully saturated rings. The maximum Gasteiger partial charge on any atom is 0.226 e. The predicted octanol–water partition coefficient (Wildman–Crippen LogP) is 3.87. The summed E-state index contributed by atoms with van der Waals surface area (Å²) in [6, 6.07) is 6.54. The molecule has 3 aliphatic rings. The van der Waals surface area contributed by atoms with E-state index < -0.39 is 0 Å². The molecule has 4 rings (SSSR count). The quantitative estimate of drug-likeness (QED) is 0.851. The molecule has 1 N–H and O–H groups in total. The van der Waals surface area contributed by atoms with Gasteiger partial charge in [-0.05, 0) is 49.8 Å². The SMILES string of the molecule is Cl.O=C(C1CC1c1cccc(Cl)c1Cl)N1C2CCNCC1CC2. The van der Waals surface area contributed by atoms with Crippen LogP contribution in [0.4, 0.5) is 0 Å². The Hall–Kier alpha value is -0.480. The molecular weight excluding hydrogens is 355 g/mol. The summed E-state index contributed by atoms with van der Waals surface area (Å²) in [5.41, 5.74) is 1.04. The van der Waals surface area contributed by atoms with Crippen LogP contribution in [0.25, 0.3) is 0 Å². The van der Waals surface area contributed by atoms with Crippen molar-refractivity contribution < 1.29 is 4.79 Å². The first-order valence-corrected chi connectivity index (χ1v) is 8.89. The average Bonchev–Trinajstić information content (AvgIpc) is 3.21. The summed E-state index contributed by atoms with van der Waals surface area (Å²) < 4.78 is 0. The van der Waals surface area contributed by atoms with Crippen LogP contribution >= 0.6 is 35.6 Å². The van der Waals surface area contributed by atoms with Crippen LogP contribution in [0.3, 0.4) is 0 Å². The molecule has 6 heteroatoms. The predicted molar refractivity (Wildman–Crippen MR) is 95.7 cm³/mol. The summed E-state index contributed by atoms with van der Waals surface area (Å²) in [7, 11) is 0. The molecule has 3 nitrogen and oxygen atoms in total. The van der Waals surface area contributed by atoms with E-state index in [1.165, 1.54) is 0 Å². The van der Waals surface area contributed by atoms with Gasteiger partial charge in [-0.15, -0.1) is 12.4 Å². The molecule has 2 aliphatic heterocycles. The van der Waals surface area contributed by atoms with Gasteiger partial charge in [0.15, 0.2) is 0 Å². The molecule has 2 heterocycles. The molecule has 4 atom stereocenters. The Kier molecular flexibility index (Phi) is 5.12. The van der Waals surface area contributed by atoms with Crippen molar-refractivity contribution in [1.82, 2.24) is 10.2 Å². The van der Waals surface area contributed by atoms with Crippen LogP contribution < -0.4 is 5.32 Å². The van der Waals surface area contributed by atoms with Crippen molar-refractivity contribution in [3.05, 3.63) is 33.8 Å². The highest BCUT2D eigenvalue weighted by molar-refractivity contribution is 6.42. The Morgan fingerprint density at radius 1 is 1.17 bits per heavy atom. The molecule has 126 valence electrons. The lowest BCUT2D eigenvalue weighted by Gasteiger charge is -2.28. The van der Waals surface area contributed by atoms with Gasteiger partial charge in [0.25, 0.3) is 0 Å². The number of halogens is 3.